The summed E-state index contributed by atoms with van der Waals surface area (Å²) in [7, 11) is 1.34. The molecule has 196 valence electrons. The van der Waals surface area contributed by atoms with Gasteiger partial charge in [-0.25, -0.2) is 9.79 Å². The Labute approximate surface area is 227 Å². The van der Waals surface area contributed by atoms with Crippen LogP contribution in [0, 0.1) is 6.92 Å². The lowest BCUT2D eigenvalue weighted by Gasteiger charge is -2.13. The zero-order valence-electron chi connectivity index (χ0n) is 21.9. The molecule has 0 aromatic heterocycles. The van der Waals surface area contributed by atoms with Crippen LogP contribution in [0.2, 0.25) is 0 Å². The molecule has 7 nitrogen and oxygen atoms in total. The Morgan fingerprint density at radius 3 is 2.50 bits per heavy atom. The molecule has 8 heteroatoms. The van der Waals surface area contributed by atoms with Crippen LogP contribution >= 0.6 is 11.8 Å². The van der Waals surface area contributed by atoms with Crippen LogP contribution in [-0.4, -0.2) is 42.2 Å². The summed E-state index contributed by atoms with van der Waals surface area (Å²) in [5, 5.41) is 0.550. The number of rotatable bonds is 9. The van der Waals surface area contributed by atoms with Gasteiger partial charge in [-0.15, -0.1) is 0 Å². The second kappa shape index (κ2) is 12.5. The highest BCUT2D eigenvalue weighted by Crippen LogP contribution is 2.36. The Morgan fingerprint density at radius 1 is 1.00 bits per heavy atom. The van der Waals surface area contributed by atoms with Crippen LogP contribution in [0.4, 0.5) is 5.69 Å². The number of esters is 1. The minimum absolute atomic E-state index is 0.127. The minimum Gasteiger partial charge on any atom is -0.490 e. The monoisotopic (exact) mass is 530 g/mol. The lowest BCUT2D eigenvalue weighted by Crippen LogP contribution is -2.28. The number of hydrogen-bond donors (Lipinski definition) is 0. The molecule has 3 aromatic rings. The molecule has 0 atom stereocenters. The Kier molecular flexibility index (Phi) is 8.86. The number of ether oxygens (including phenoxy) is 3. The molecule has 1 aliphatic heterocycles. The third-order valence-corrected chi connectivity index (χ3v) is 6.78. The zero-order valence-corrected chi connectivity index (χ0v) is 22.7. The maximum absolute atomic E-state index is 13.1. The molecule has 1 amide bonds. The molecule has 38 heavy (non-hydrogen) atoms. The first kappa shape index (κ1) is 27.0. The number of aliphatic imine (C=N–C) groups is 1. The van der Waals surface area contributed by atoms with E-state index < -0.39 is 5.97 Å². The van der Waals surface area contributed by atoms with Gasteiger partial charge < -0.3 is 14.2 Å². The Balaban J connectivity index is 1.56. The van der Waals surface area contributed by atoms with Crippen LogP contribution in [0.15, 0.2) is 76.6 Å². The van der Waals surface area contributed by atoms with E-state index >= 15 is 0 Å². The molecule has 4 rings (SSSR count). The predicted octanol–water partition coefficient (Wildman–Crippen LogP) is 6.38. The Hall–Kier alpha value is -4.04. The van der Waals surface area contributed by atoms with Gasteiger partial charge in [0.15, 0.2) is 16.7 Å². The fourth-order valence-electron chi connectivity index (χ4n) is 3.80. The van der Waals surface area contributed by atoms with Crippen molar-refractivity contribution in [1.29, 1.82) is 0 Å². The summed E-state index contributed by atoms with van der Waals surface area (Å²) in [4.78, 5) is 31.8. The molecule has 3 aromatic carbocycles. The number of methoxy groups -OCH3 is 1. The highest BCUT2D eigenvalue weighted by Gasteiger charge is 2.32. The number of carbonyl (C=O) groups is 2. The zero-order chi connectivity index (χ0) is 27.1. The summed E-state index contributed by atoms with van der Waals surface area (Å²) in [6, 6.07) is 20.7. The van der Waals surface area contributed by atoms with Crippen LogP contribution in [0.3, 0.4) is 0 Å². The molecular weight excluding hydrogens is 500 g/mol. The molecule has 0 N–H and O–H groups in total. The summed E-state index contributed by atoms with van der Waals surface area (Å²) >= 11 is 1.29. The van der Waals surface area contributed by atoms with E-state index in [1.807, 2.05) is 50.3 Å². The quantitative estimate of drug-likeness (QED) is 0.236. The van der Waals surface area contributed by atoms with Crippen molar-refractivity contribution in [3.63, 3.8) is 0 Å². The maximum Gasteiger partial charge on any atom is 0.337 e. The van der Waals surface area contributed by atoms with E-state index in [0.29, 0.717) is 52.6 Å². The van der Waals surface area contributed by atoms with E-state index in [9.17, 15) is 9.59 Å². The van der Waals surface area contributed by atoms with Gasteiger partial charge in [-0.1, -0.05) is 42.0 Å². The number of thioether (sulfide) groups is 1. The van der Waals surface area contributed by atoms with Gasteiger partial charge in [-0.2, -0.15) is 0 Å². The standard InChI is InChI=1S/C30H30N2O5S/c1-5-32-28(33)27(38-30(32)31-24-9-7-8-23(18-24)29(34)35-4)17-22-14-15-25(26(16-22)36-6-2)37-19-21-12-10-20(3)11-13-21/h7-18H,5-6,19H2,1-4H3. The number of aryl methyl sites for hydroxylation is 1. The van der Waals surface area contributed by atoms with E-state index in [1.165, 1.54) is 24.4 Å². The van der Waals surface area contributed by atoms with Crippen LogP contribution < -0.4 is 9.47 Å². The number of amides is 1. The topological polar surface area (TPSA) is 77.4 Å². The van der Waals surface area contributed by atoms with Crippen molar-refractivity contribution in [3.05, 3.63) is 93.9 Å². The van der Waals surface area contributed by atoms with Crippen LogP contribution in [0.1, 0.15) is 40.9 Å². The minimum atomic E-state index is -0.438. The van der Waals surface area contributed by atoms with Gasteiger partial charge in [0.05, 0.1) is 29.9 Å². The fraction of sp³-hybridized carbons (Fsp3) is 0.233. The highest BCUT2D eigenvalue weighted by atomic mass is 32.2. The molecule has 0 bridgehead atoms. The van der Waals surface area contributed by atoms with Gasteiger partial charge in [-0.3, -0.25) is 9.69 Å². The van der Waals surface area contributed by atoms with Crippen LogP contribution in [0.5, 0.6) is 11.5 Å². The van der Waals surface area contributed by atoms with E-state index in [1.54, 1.807) is 29.2 Å². The van der Waals surface area contributed by atoms with Gasteiger partial charge in [0.1, 0.15) is 6.61 Å². The number of amidine groups is 1. The van der Waals surface area contributed by atoms with Gasteiger partial charge >= 0.3 is 5.97 Å². The molecule has 0 spiro atoms. The van der Waals surface area contributed by atoms with Crippen molar-refractivity contribution < 1.29 is 23.8 Å². The molecule has 0 aliphatic carbocycles. The van der Waals surface area contributed by atoms with Crippen molar-refractivity contribution in [3.8, 4) is 11.5 Å². The third-order valence-electron chi connectivity index (χ3n) is 5.78. The number of nitrogens with zero attached hydrogens (tertiary/aromatic N) is 2. The molecular formula is C30H30N2O5S. The van der Waals surface area contributed by atoms with E-state index in [4.69, 9.17) is 14.2 Å². The van der Waals surface area contributed by atoms with Gasteiger partial charge in [-0.05, 0) is 80.1 Å². The summed E-state index contributed by atoms with van der Waals surface area (Å²) in [6.45, 7) is 7.25. The van der Waals surface area contributed by atoms with Gasteiger partial charge in [0, 0.05) is 6.54 Å². The maximum atomic E-state index is 13.1. The Morgan fingerprint density at radius 2 is 1.79 bits per heavy atom. The lowest BCUT2D eigenvalue weighted by atomic mass is 10.1. The first-order valence-corrected chi connectivity index (χ1v) is 13.2. The lowest BCUT2D eigenvalue weighted by molar-refractivity contribution is -0.122. The van der Waals surface area contributed by atoms with E-state index in [2.05, 4.69) is 24.0 Å². The smallest absolute Gasteiger partial charge is 0.337 e. The summed E-state index contributed by atoms with van der Waals surface area (Å²) < 4.78 is 16.7. The average molecular weight is 531 g/mol. The van der Waals surface area contributed by atoms with Crippen molar-refractivity contribution in [2.24, 2.45) is 4.99 Å². The second-order valence-corrected chi connectivity index (χ2v) is 9.52. The predicted molar refractivity (Wildman–Crippen MR) is 151 cm³/mol. The van der Waals surface area contributed by atoms with Crippen molar-refractivity contribution in [1.82, 2.24) is 4.90 Å². The van der Waals surface area contributed by atoms with Gasteiger partial charge in [0.2, 0.25) is 0 Å². The molecule has 1 saturated heterocycles. The summed E-state index contributed by atoms with van der Waals surface area (Å²) in [5.74, 6) is 0.692. The molecule has 0 unspecified atom stereocenters. The average Bonchev–Trinajstić information content (AvgIpc) is 3.22. The molecule has 0 saturated carbocycles. The normalized spacial score (nSPS) is 15.3. The Bertz CT molecular complexity index is 1380. The number of benzene rings is 3. The van der Waals surface area contributed by atoms with E-state index in [-0.39, 0.29) is 5.91 Å². The third kappa shape index (κ3) is 6.44. The van der Waals surface area contributed by atoms with E-state index in [0.717, 1.165) is 11.1 Å². The first-order valence-electron chi connectivity index (χ1n) is 12.4. The van der Waals surface area contributed by atoms with Crippen molar-refractivity contribution in [2.75, 3.05) is 20.3 Å². The summed E-state index contributed by atoms with van der Waals surface area (Å²) in [6.07, 6.45) is 1.83. The van der Waals surface area contributed by atoms with Crippen molar-refractivity contribution in [2.45, 2.75) is 27.4 Å². The van der Waals surface area contributed by atoms with Crippen LogP contribution in [-0.2, 0) is 16.1 Å². The van der Waals surface area contributed by atoms with Crippen LogP contribution in [0.25, 0.3) is 6.08 Å². The number of carbonyl (C=O) groups excluding carboxylic acids is 2. The number of hydrogen-bond acceptors (Lipinski definition) is 7. The molecule has 1 heterocycles. The largest absolute Gasteiger partial charge is 0.490 e. The number of likely N-dealkylation sites (N-methyl/N-ethyl adjacent to an activating group) is 1. The molecule has 0 radical (unpaired) electrons. The van der Waals surface area contributed by atoms with Crippen molar-refractivity contribution >= 4 is 40.6 Å². The summed E-state index contributed by atoms with van der Waals surface area (Å²) in [5.41, 5.74) is 4.05. The highest BCUT2D eigenvalue weighted by molar-refractivity contribution is 8.18. The molecule has 1 aliphatic rings. The SMILES string of the molecule is CCOc1cc(C=C2SC(=Nc3cccc(C(=O)OC)c3)N(CC)C2=O)ccc1OCc1ccc(C)cc1. The fourth-order valence-corrected chi connectivity index (χ4v) is 4.86. The molecule has 1 fully saturated rings. The first-order chi connectivity index (χ1) is 18.4. The second-order valence-electron chi connectivity index (χ2n) is 8.51. The van der Waals surface area contributed by atoms with Gasteiger partial charge in [0.25, 0.3) is 5.91 Å².